The monoisotopic (exact) mass is 294 g/mol. The zero-order chi connectivity index (χ0) is 10.5. The molecule has 0 unspecified atom stereocenters. The molecule has 15 heteroatoms. The first-order chi connectivity index (χ1) is 5.83. The predicted octanol–water partition coefficient (Wildman–Crippen LogP) is -5.84. The Bertz CT molecular complexity index is 169. The van der Waals surface area contributed by atoms with E-state index >= 15 is 0 Å². The third-order valence-corrected chi connectivity index (χ3v) is 6.02. The fraction of sp³-hybridized carbons (Fsp3) is 0. The normalized spacial score (nSPS) is 9.87. The summed E-state index contributed by atoms with van der Waals surface area (Å²) in [6.07, 6.45) is 0. The molecule has 0 radical (unpaired) electrons. The molecule has 0 fully saturated rings. The Morgan fingerprint density at radius 3 is 1.27 bits per heavy atom. The molecule has 0 spiro atoms. The Balaban J connectivity index is -0.000000720. The number of hydrogen-bond acceptors (Lipinski definition) is 9. The first kappa shape index (κ1) is 20.8. The molecule has 0 atom stereocenters. The molecule has 0 aliphatic carbocycles. The van der Waals surface area contributed by atoms with Gasteiger partial charge in [-0.25, -0.2) is 0 Å². The predicted molar refractivity (Wildman–Crippen MR) is 43.7 cm³/mol. The summed E-state index contributed by atoms with van der Waals surface area (Å²) in [7, 11) is -9.68. The van der Waals surface area contributed by atoms with Gasteiger partial charge in [0.15, 0.2) is 0 Å². The van der Waals surface area contributed by atoms with Crippen LogP contribution >= 0.6 is 0 Å². The van der Waals surface area contributed by atoms with Gasteiger partial charge in [0, 0.05) is 0 Å². The minimum absolute atomic E-state index is 0. The van der Waals surface area contributed by atoms with E-state index in [4.69, 9.17) is 19.2 Å². The third kappa shape index (κ3) is 10.7. The summed E-state index contributed by atoms with van der Waals surface area (Å²) in [6, 6.07) is 0. The van der Waals surface area contributed by atoms with Crippen LogP contribution in [-0.2, 0) is 18.7 Å². The molecule has 11 nitrogen and oxygen atoms in total. The van der Waals surface area contributed by atoms with Gasteiger partial charge in [-0.1, -0.05) is 0 Å². The Kier molecular flexibility index (Phi) is 11.9. The topological polar surface area (TPSA) is 206 Å². The van der Waals surface area contributed by atoms with Crippen LogP contribution in [0.2, 0.25) is 0 Å². The van der Waals surface area contributed by atoms with E-state index in [0.29, 0.717) is 0 Å². The Morgan fingerprint density at radius 1 is 0.800 bits per heavy atom. The van der Waals surface area contributed by atoms with Crippen LogP contribution in [0.4, 0.5) is 0 Å². The standard InChI is InChI=1S/2Al.H4O7Si2.2H2O.2O/c;;1-8(2,3)7-9(4,5)6;;;;/h;;1-2,4-5H;2*1H2;;/q2*+1;-2;;;;. The molecule has 0 aromatic rings. The second kappa shape index (κ2) is 8.56. The van der Waals surface area contributed by atoms with Gasteiger partial charge in [-0.2, -0.15) is 0 Å². The second-order valence-corrected chi connectivity index (χ2v) is 6.91. The first-order valence-corrected chi connectivity index (χ1v) is 7.96. The summed E-state index contributed by atoms with van der Waals surface area (Å²) in [5, 5.41) is 0. The average Bonchev–Trinajstić information content (AvgIpc) is 1.82. The molecular formula is H8Al2O11Si2. The van der Waals surface area contributed by atoms with Gasteiger partial charge < -0.3 is 11.0 Å². The van der Waals surface area contributed by atoms with Crippen LogP contribution in [0.3, 0.4) is 0 Å². The van der Waals surface area contributed by atoms with Crippen LogP contribution in [0.15, 0.2) is 0 Å². The van der Waals surface area contributed by atoms with Crippen LogP contribution in [0.1, 0.15) is 0 Å². The van der Waals surface area contributed by atoms with Crippen LogP contribution in [-0.4, -0.2) is 79.2 Å². The Hall–Kier alpha value is 0.419. The molecule has 0 aromatic carbocycles. The molecule has 0 amide bonds. The van der Waals surface area contributed by atoms with E-state index in [2.05, 4.69) is 11.1 Å². The maximum atomic E-state index is 9.84. The molecule has 0 aliphatic heterocycles. The zero-order valence-electron chi connectivity index (χ0n) is 6.98. The van der Waals surface area contributed by atoms with Crippen molar-refractivity contribution in [3.8, 4) is 0 Å². The Labute approximate surface area is 97.9 Å². The van der Waals surface area contributed by atoms with E-state index in [-0.39, 0.29) is 11.0 Å². The van der Waals surface area contributed by atoms with E-state index < -0.39 is 49.1 Å². The van der Waals surface area contributed by atoms with E-state index in [0.717, 1.165) is 0 Å². The quantitative estimate of drug-likeness (QED) is 0.343. The van der Waals surface area contributed by atoms with E-state index in [9.17, 15) is 7.61 Å². The van der Waals surface area contributed by atoms with Crippen molar-refractivity contribution < 1.29 is 48.8 Å². The van der Waals surface area contributed by atoms with Gasteiger partial charge in [-0.3, -0.25) is 0 Å². The molecule has 0 rings (SSSR count). The van der Waals surface area contributed by atoms with Crippen molar-refractivity contribution in [3.05, 3.63) is 0 Å². The molecular weight excluding hydrogens is 286 g/mol. The molecule has 0 saturated carbocycles. The number of rotatable bonds is 6. The SMILES string of the molecule is O.O.[O]=[Al][O][Si](O)(O)O[Si](O)(O)[O][Al]=[O]. The third-order valence-electron chi connectivity index (χ3n) is 0.669. The van der Waals surface area contributed by atoms with Gasteiger partial charge in [0.25, 0.3) is 0 Å². The Morgan fingerprint density at radius 2 is 1.07 bits per heavy atom. The van der Waals surface area contributed by atoms with Gasteiger partial charge in [0.05, 0.1) is 0 Å². The molecule has 8 N–H and O–H groups in total. The summed E-state index contributed by atoms with van der Waals surface area (Å²) in [6.45, 7) is 0. The molecule has 15 heavy (non-hydrogen) atoms. The maximum absolute atomic E-state index is 9.84. The molecule has 0 heterocycles. The molecule has 88 valence electrons. The van der Waals surface area contributed by atoms with E-state index in [1.165, 1.54) is 0 Å². The summed E-state index contributed by atoms with van der Waals surface area (Å²) in [5.74, 6) is 0. The summed E-state index contributed by atoms with van der Waals surface area (Å²) < 4.78 is 31.1. The van der Waals surface area contributed by atoms with Crippen molar-refractivity contribution in [1.82, 2.24) is 0 Å². The van der Waals surface area contributed by atoms with Crippen LogP contribution in [0, 0.1) is 0 Å². The average molecular weight is 294 g/mol. The van der Waals surface area contributed by atoms with Crippen LogP contribution < -0.4 is 0 Å². The van der Waals surface area contributed by atoms with Gasteiger partial charge in [0.2, 0.25) is 0 Å². The molecule has 0 aromatic heterocycles. The van der Waals surface area contributed by atoms with Gasteiger partial charge >= 0.3 is 86.9 Å². The summed E-state index contributed by atoms with van der Waals surface area (Å²) >= 11 is -3.96. The summed E-state index contributed by atoms with van der Waals surface area (Å²) in [4.78, 5) is 34.8. The van der Waals surface area contributed by atoms with Crippen molar-refractivity contribution in [2.24, 2.45) is 0 Å². The molecule has 0 aliphatic rings. The van der Waals surface area contributed by atoms with Crippen LogP contribution in [0.5, 0.6) is 0 Å². The van der Waals surface area contributed by atoms with E-state index in [1.54, 1.807) is 0 Å². The summed E-state index contributed by atoms with van der Waals surface area (Å²) in [5.41, 5.74) is 0. The van der Waals surface area contributed by atoms with Crippen molar-refractivity contribution >= 4 is 49.1 Å². The molecule has 0 saturated heterocycles. The van der Waals surface area contributed by atoms with Crippen molar-refractivity contribution in [2.45, 2.75) is 0 Å². The second-order valence-electron chi connectivity index (χ2n) is 1.63. The van der Waals surface area contributed by atoms with Crippen molar-refractivity contribution in [3.63, 3.8) is 0 Å². The van der Waals surface area contributed by atoms with Crippen molar-refractivity contribution in [1.29, 1.82) is 0 Å². The van der Waals surface area contributed by atoms with E-state index in [1.807, 2.05) is 0 Å². The van der Waals surface area contributed by atoms with Gasteiger partial charge in [0.1, 0.15) is 0 Å². The van der Waals surface area contributed by atoms with Crippen molar-refractivity contribution in [2.75, 3.05) is 0 Å². The fourth-order valence-corrected chi connectivity index (χ4v) is 3.99. The number of hydrogen-bond donors (Lipinski definition) is 4. The van der Waals surface area contributed by atoms with Gasteiger partial charge in [-0.05, 0) is 0 Å². The minimum atomic E-state index is -4.84. The fourth-order valence-electron chi connectivity index (χ4n) is 0.347. The zero-order valence-corrected chi connectivity index (χ0v) is 11.3. The molecule has 0 bridgehead atoms. The van der Waals surface area contributed by atoms with Gasteiger partial charge in [-0.15, -0.1) is 0 Å². The first-order valence-electron chi connectivity index (χ1n) is 2.65. The van der Waals surface area contributed by atoms with Crippen LogP contribution in [0.25, 0.3) is 0 Å².